The van der Waals surface area contributed by atoms with Crippen LogP contribution in [-0.2, 0) is 42.9 Å². The van der Waals surface area contributed by atoms with Gasteiger partial charge in [-0.25, -0.2) is 0 Å². The van der Waals surface area contributed by atoms with Gasteiger partial charge in [-0.05, 0) is 29.9 Å². The number of carbonyl (C=O) groups excluding carboxylic acids is 5. The molecule has 0 unspecified atom stereocenters. The number of amides is 1. The SMILES string of the molecule is CC(=O)OC[C@H]1O[C@H](OC(C)=O)[C@H](NC(=O)c2ccccc2P(c2ccccc2)c2ccccc2)[C@@H](OC(C)=O)[C@@H]1OC(C)=O. The lowest BCUT2D eigenvalue weighted by molar-refractivity contribution is -0.270. The first-order valence-electron chi connectivity index (χ1n) is 14.2. The van der Waals surface area contributed by atoms with Gasteiger partial charge in [-0.2, -0.15) is 0 Å². The zero-order chi connectivity index (χ0) is 32.5. The molecule has 1 amide bonds. The number of hydrogen-bond donors (Lipinski definition) is 1. The van der Waals surface area contributed by atoms with Crippen LogP contribution < -0.4 is 21.2 Å². The Kier molecular flexibility index (Phi) is 11.4. The van der Waals surface area contributed by atoms with E-state index in [2.05, 4.69) is 5.32 Å². The van der Waals surface area contributed by atoms with Crippen molar-refractivity contribution in [2.45, 2.75) is 58.3 Å². The standard InChI is InChI=1S/C33H34NO10P/c1-20(35)40-19-27-30(41-21(2)36)31(42-22(3)37)29(33(44-27)43-23(4)38)34-32(39)26-17-11-12-18-28(26)45(24-13-7-5-8-14-24)25-15-9-6-10-16-25/h5-18,27,29-31,33H,19H2,1-4H3,(H,34,39)/t27-,29-,30-,31-,33+/m1/s1. The highest BCUT2D eigenvalue weighted by molar-refractivity contribution is 7.80. The Labute approximate surface area is 261 Å². The molecule has 0 aromatic heterocycles. The van der Waals surface area contributed by atoms with Crippen LogP contribution in [0.3, 0.4) is 0 Å². The molecule has 11 nitrogen and oxygen atoms in total. The maximum absolute atomic E-state index is 14.2. The van der Waals surface area contributed by atoms with Gasteiger partial charge in [-0.15, -0.1) is 0 Å². The molecule has 3 aromatic carbocycles. The summed E-state index contributed by atoms with van der Waals surface area (Å²) in [6.07, 6.45) is -5.41. The van der Waals surface area contributed by atoms with E-state index in [1.165, 1.54) is 6.92 Å². The number of ether oxygens (including phenoxy) is 5. The largest absolute Gasteiger partial charge is 0.463 e. The van der Waals surface area contributed by atoms with Crippen molar-refractivity contribution in [3.8, 4) is 0 Å². The van der Waals surface area contributed by atoms with Crippen LogP contribution in [0, 0.1) is 0 Å². The molecule has 1 aliphatic heterocycles. The molecular weight excluding hydrogens is 601 g/mol. The smallest absolute Gasteiger partial charge is 0.305 e. The van der Waals surface area contributed by atoms with Crippen molar-refractivity contribution in [1.29, 1.82) is 0 Å². The van der Waals surface area contributed by atoms with E-state index < -0.39 is 75.0 Å². The molecule has 0 saturated carbocycles. The molecule has 45 heavy (non-hydrogen) atoms. The molecule has 12 heteroatoms. The number of esters is 4. The minimum Gasteiger partial charge on any atom is -0.463 e. The molecule has 4 rings (SSSR count). The number of hydrogen-bond acceptors (Lipinski definition) is 10. The fourth-order valence-electron chi connectivity index (χ4n) is 4.99. The number of benzene rings is 3. The second kappa shape index (κ2) is 15.4. The van der Waals surface area contributed by atoms with Gasteiger partial charge in [-0.3, -0.25) is 24.0 Å². The van der Waals surface area contributed by atoms with Crippen LogP contribution in [0.5, 0.6) is 0 Å². The van der Waals surface area contributed by atoms with E-state index in [1.807, 2.05) is 72.8 Å². The number of nitrogens with one attached hydrogen (secondary N) is 1. The van der Waals surface area contributed by atoms with Gasteiger partial charge in [0.05, 0.1) is 0 Å². The summed E-state index contributed by atoms with van der Waals surface area (Å²) in [6, 6.07) is 25.4. The zero-order valence-corrected chi connectivity index (χ0v) is 26.1. The van der Waals surface area contributed by atoms with Crippen molar-refractivity contribution in [1.82, 2.24) is 5.32 Å². The third kappa shape index (κ3) is 8.74. The average molecular weight is 636 g/mol. The van der Waals surface area contributed by atoms with Crippen LogP contribution >= 0.6 is 7.92 Å². The molecule has 0 radical (unpaired) electrons. The Hall–Kier alpha value is -4.60. The van der Waals surface area contributed by atoms with Gasteiger partial charge in [0.15, 0.2) is 12.2 Å². The summed E-state index contributed by atoms with van der Waals surface area (Å²) >= 11 is 0. The molecule has 0 aliphatic carbocycles. The first kappa shape index (κ1) is 33.3. The maximum Gasteiger partial charge on any atom is 0.305 e. The van der Waals surface area contributed by atoms with Crippen molar-refractivity contribution in [2.75, 3.05) is 6.61 Å². The minimum atomic E-state index is -1.50. The van der Waals surface area contributed by atoms with E-state index in [-0.39, 0.29) is 0 Å². The van der Waals surface area contributed by atoms with Crippen LogP contribution in [-0.4, -0.2) is 67.0 Å². The first-order valence-corrected chi connectivity index (χ1v) is 15.5. The summed E-state index contributed by atoms with van der Waals surface area (Å²) in [7, 11) is -1.19. The molecule has 1 saturated heterocycles. The Morgan fingerprint density at radius 1 is 0.667 bits per heavy atom. The van der Waals surface area contributed by atoms with E-state index in [4.69, 9.17) is 23.7 Å². The van der Waals surface area contributed by atoms with Gasteiger partial charge in [0.25, 0.3) is 5.91 Å². The molecule has 5 atom stereocenters. The summed E-state index contributed by atoms with van der Waals surface area (Å²) in [6.45, 7) is 4.20. The van der Waals surface area contributed by atoms with Gasteiger partial charge >= 0.3 is 23.9 Å². The third-order valence-electron chi connectivity index (χ3n) is 6.70. The summed E-state index contributed by atoms with van der Waals surface area (Å²) in [5.74, 6) is -3.48. The van der Waals surface area contributed by atoms with Crippen LogP contribution in [0.4, 0.5) is 0 Å². The Balaban J connectivity index is 1.77. The normalized spacial score (nSPS) is 20.9. The highest BCUT2D eigenvalue weighted by atomic mass is 31.1. The highest BCUT2D eigenvalue weighted by Crippen LogP contribution is 2.34. The van der Waals surface area contributed by atoms with E-state index in [9.17, 15) is 24.0 Å². The molecule has 1 aliphatic rings. The van der Waals surface area contributed by atoms with E-state index in [1.54, 1.807) is 12.1 Å². The summed E-state index contributed by atoms with van der Waals surface area (Å²) in [5.41, 5.74) is 0.325. The predicted octanol–water partition coefficient (Wildman–Crippen LogP) is 2.26. The number of carbonyl (C=O) groups is 5. The van der Waals surface area contributed by atoms with Gasteiger partial charge < -0.3 is 29.0 Å². The summed E-state index contributed by atoms with van der Waals surface area (Å²) in [5, 5.41) is 5.60. The highest BCUT2D eigenvalue weighted by Gasteiger charge is 2.52. The minimum absolute atomic E-state index is 0.325. The molecule has 3 aromatic rings. The quantitative estimate of drug-likeness (QED) is 0.200. The van der Waals surface area contributed by atoms with Crippen LogP contribution in [0.1, 0.15) is 38.1 Å². The molecule has 0 spiro atoms. The summed E-state index contributed by atoms with van der Waals surface area (Å²) < 4.78 is 27.5. The fourth-order valence-corrected chi connectivity index (χ4v) is 7.44. The first-order chi connectivity index (χ1) is 21.5. The number of rotatable bonds is 10. The van der Waals surface area contributed by atoms with Crippen LogP contribution in [0.2, 0.25) is 0 Å². The third-order valence-corrected chi connectivity index (χ3v) is 9.20. The molecule has 1 fully saturated rings. The van der Waals surface area contributed by atoms with Crippen LogP contribution in [0.25, 0.3) is 0 Å². The van der Waals surface area contributed by atoms with Crippen molar-refractivity contribution in [2.24, 2.45) is 0 Å². The van der Waals surface area contributed by atoms with Crippen molar-refractivity contribution >= 4 is 53.6 Å². The van der Waals surface area contributed by atoms with Gasteiger partial charge in [0.1, 0.15) is 18.8 Å². The summed E-state index contributed by atoms with van der Waals surface area (Å²) in [4.78, 5) is 62.3. The molecule has 236 valence electrons. The van der Waals surface area contributed by atoms with Gasteiger partial charge in [-0.1, -0.05) is 78.9 Å². The lowest BCUT2D eigenvalue weighted by atomic mass is 9.95. The van der Waals surface area contributed by atoms with Crippen molar-refractivity contribution in [3.05, 3.63) is 90.5 Å². The van der Waals surface area contributed by atoms with Crippen molar-refractivity contribution in [3.63, 3.8) is 0 Å². The monoisotopic (exact) mass is 635 g/mol. The Bertz CT molecular complexity index is 1480. The van der Waals surface area contributed by atoms with E-state index >= 15 is 0 Å². The predicted molar refractivity (Wildman–Crippen MR) is 165 cm³/mol. The van der Waals surface area contributed by atoms with E-state index in [0.717, 1.165) is 36.7 Å². The second-order valence-electron chi connectivity index (χ2n) is 10.1. The average Bonchev–Trinajstić information content (AvgIpc) is 3.00. The maximum atomic E-state index is 14.2. The zero-order valence-electron chi connectivity index (χ0n) is 25.2. The van der Waals surface area contributed by atoms with Gasteiger partial charge in [0.2, 0.25) is 6.29 Å². The van der Waals surface area contributed by atoms with Crippen LogP contribution in [0.15, 0.2) is 84.9 Å². The van der Waals surface area contributed by atoms with Gasteiger partial charge in [0, 0.05) is 33.3 Å². The Morgan fingerprint density at radius 2 is 1.18 bits per heavy atom. The Morgan fingerprint density at radius 3 is 1.71 bits per heavy atom. The molecule has 1 heterocycles. The van der Waals surface area contributed by atoms with E-state index in [0.29, 0.717) is 5.56 Å². The lowest BCUT2D eigenvalue weighted by Gasteiger charge is -2.44. The lowest BCUT2D eigenvalue weighted by Crippen LogP contribution is -2.67. The molecule has 1 N–H and O–H groups in total. The molecular formula is C33H34NO10P. The topological polar surface area (TPSA) is 144 Å². The fraction of sp³-hybridized carbons (Fsp3) is 0.303. The van der Waals surface area contributed by atoms with Crippen molar-refractivity contribution < 1.29 is 47.7 Å². The second-order valence-corrected chi connectivity index (χ2v) is 12.3. The molecule has 0 bridgehead atoms.